The van der Waals surface area contributed by atoms with Crippen molar-refractivity contribution in [2.45, 2.75) is 26.0 Å². The summed E-state index contributed by atoms with van der Waals surface area (Å²) in [6, 6.07) is 21.3. The second kappa shape index (κ2) is 9.01. The molecule has 0 aliphatic heterocycles. The van der Waals surface area contributed by atoms with Crippen molar-refractivity contribution in [3.05, 3.63) is 90.0 Å². The molecule has 0 fully saturated rings. The Labute approximate surface area is 169 Å². The summed E-state index contributed by atoms with van der Waals surface area (Å²) >= 11 is 0. The zero-order valence-corrected chi connectivity index (χ0v) is 16.0. The van der Waals surface area contributed by atoms with Gasteiger partial charge in [-0.2, -0.15) is 0 Å². The average Bonchev–Trinajstić information content (AvgIpc) is 3.19. The van der Waals surface area contributed by atoms with E-state index in [9.17, 15) is 4.79 Å². The number of aromatic amines is 1. The van der Waals surface area contributed by atoms with E-state index in [1.54, 1.807) is 6.20 Å². The smallest absolute Gasteiger partial charge is 0.220 e. The molecule has 0 atom stereocenters. The molecular weight excluding hydrogens is 364 g/mol. The number of nitrogens with one attached hydrogen (secondary N) is 2. The molecule has 0 bridgehead atoms. The van der Waals surface area contributed by atoms with E-state index in [1.165, 1.54) is 0 Å². The van der Waals surface area contributed by atoms with E-state index in [1.807, 2.05) is 66.7 Å². The number of ether oxygens (including phenoxy) is 1. The Morgan fingerprint density at radius 1 is 1.00 bits per heavy atom. The lowest BCUT2D eigenvalue weighted by Crippen LogP contribution is -2.23. The number of carbonyl (C=O) groups excluding carboxylic acids is 1. The Balaban J connectivity index is 1.21. The van der Waals surface area contributed by atoms with Gasteiger partial charge in [-0.05, 0) is 42.0 Å². The zero-order chi connectivity index (χ0) is 19.9. The molecular formula is C23H22N4O2. The molecule has 2 heterocycles. The SMILES string of the molecule is O=C(CCc1nc2ccccc2[nH]1)NCc1ccc(OCc2ccccn2)cc1. The molecule has 6 nitrogen and oxygen atoms in total. The van der Waals surface area contributed by atoms with Crippen LogP contribution < -0.4 is 10.1 Å². The minimum absolute atomic E-state index is 0.000865. The third-order valence-electron chi connectivity index (χ3n) is 4.55. The Kier molecular flexibility index (Phi) is 5.81. The fourth-order valence-electron chi connectivity index (χ4n) is 2.99. The number of carbonyl (C=O) groups is 1. The topological polar surface area (TPSA) is 79.9 Å². The molecule has 2 aromatic carbocycles. The van der Waals surface area contributed by atoms with Gasteiger partial charge in [0, 0.05) is 25.6 Å². The predicted molar refractivity (Wildman–Crippen MR) is 111 cm³/mol. The standard InChI is InChI=1S/C23H22N4O2/c28-23(13-12-22-26-20-6-1-2-7-21(20)27-22)25-15-17-8-10-19(11-9-17)29-16-18-5-3-4-14-24-18/h1-11,14H,12-13,15-16H2,(H,25,28)(H,26,27). The number of para-hydroxylation sites is 2. The summed E-state index contributed by atoms with van der Waals surface area (Å²) < 4.78 is 5.72. The Morgan fingerprint density at radius 2 is 1.83 bits per heavy atom. The summed E-state index contributed by atoms with van der Waals surface area (Å²) in [7, 11) is 0. The van der Waals surface area contributed by atoms with Gasteiger partial charge in [0.2, 0.25) is 5.91 Å². The molecule has 2 N–H and O–H groups in total. The Morgan fingerprint density at radius 3 is 2.62 bits per heavy atom. The maximum Gasteiger partial charge on any atom is 0.220 e. The van der Waals surface area contributed by atoms with Crippen molar-refractivity contribution in [1.29, 1.82) is 0 Å². The van der Waals surface area contributed by atoms with Gasteiger partial charge in [-0.1, -0.05) is 30.3 Å². The van der Waals surface area contributed by atoms with Crippen LogP contribution in [0.15, 0.2) is 72.9 Å². The fraction of sp³-hybridized carbons (Fsp3) is 0.174. The van der Waals surface area contributed by atoms with E-state index >= 15 is 0 Å². The van der Waals surface area contributed by atoms with E-state index in [4.69, 9.17) is 4.74 Å². The number of H-pyrrole nitrogens is 1. The van der Waals surface area contributed by atoms with Crippen molar-refractivity contribution in [1.82, 2.24) is 20.3 Å². The highest BCUT2D eigenvalue weighted by molar-refractivity contribution is 5.77. The molecule has 0 spiro atoms. The molecule has 2 aromatic heterocycles. The van der Waals surface area contributed by atoms with Gasteiger partial charge in [0.15, 0.2) is 0 Å². The van der Waals surface area contributed by atoms with E-state index in [0.29, 0.717) is 26.0 Å². The van der Waals surface area contributed by atoms with Gasteiger partial charge in [-0.25, -0.2) is 4.98 Å². The van der Waals surface area contributed by atoms with E-state index in [0.717, 1.165) is 33.9 Å². The minimum atomic E-state index is 0.000865. The molecule has 0 saturated carbocycles. The lowest BCUT2D eigenvalue weighted by Gasteiger charge is -2.08. The normalized spacial score (nSPS) is 10.8. The molecule has 29 heavy (non-hydrogen) atoms. The number of aromatic nitrogens is 3. The minimum Gasteiger partial charge on any atom is -0.487 e. The lowest BCUT2D eigenvalue weighted by atomic mass is 10.2. The number of aryl methyl sites for hydroxylation is 1. The monoisotopic (exact) mass is 386 g/mol. The molecule has 146 valence electrons. The zero-order valence-electron chi connectivity index (χ0n) is 16.0. The van der Waals surface area contributed by atoms with Gasteiger partial charge in [-0.15, -0.1) is 0 Å². The van der Waals surface area contributed by atoms with Crippen LogP contribution in [0.2, 0.25) is 0 Å². The van der Waals surface area contributed by atoms with Gasteiger partial charge in [-0.3, -0.25) is 9.78 Å². The summed E-state index contributed by atoms with van der Waals surface area (Å²) in [5.74, 6) is 1.60. The number of pyridine rings is 1. The first-order chi connectivity index (χ1) is 14.3. The Hall–Kier alpha value is -3.67. The van der Waals surface area contributed by atoms with Gasteiger partial charge in [0.1, 0.15) is 18.2 Å². The summed E-state index contributed by atoms with van der Waals surface area (Å²) in [6.07, 6.45) is 2.73. The molecule has 6 heteroatoms. The van der Waals surface area contributed by atoms with Crippen molar-refractivity contribution >= 4 is 16.9 Å². The van der Waals surface area contributed by atoms with E-state index < -0.39 is 0 Å². The van der Waals surface area contributed by atoms with Gasteiger partial charge in [0.25, 0.3) is 0 Å². The van der Waals surface area contributed by atoms with E-state index in [2.05, 4.69) is 20.3 Å². The Bertz CT molecular complexity index is 1040. The van der Waals surface area contributed by atoms with E-state index in [-0.39, 0.29) is 5.91 Å². The van der Waals surface area contributed by atoms with Gasteiger partial charge >= 0.3 is 0 Å². The number of benzene rings is 2. The molecule has 0 aliphatic rings. The van der Waals surface area contributed by atoms with Crippen LogP contribution in [0.1, 0.15) is 23.5 Å². The van der Waals surface area contributed by atoms with Crippen molar-refractivity contribution in [2.75, 3.05) is 0 Å². The van der Waals surface area contributed by atoms with Crippen molar-refractivity contribution < 1.29 is 9.53 Å². The molecule has 0 radical (unpaired) electrons. The van der Waals surface area contributed by atoms with Gasteiger partial charge in [0.05, 0.1) is 16.7 Å². The predicted octanol–water partition coefficient (Wildman–Crippen LogP) is 3.79. The van der Waals surface area contributed by atoms with Crippen LogP contribution in [-0.4, -0.2) is 20.9 Å². The molecule has 4 aromatic rings. The number of nitrogens with zero attached hydrogens (tertiary/aromatic N) is 2. The van der Waals surface area contributed by atoms with Crippen LogP contribution in [0, 0.1) is 0 Å². The number of hydrogen-bond donors (Lipinski definition) is 2. The highest BCUT2D eigenvalue weighted by Crippen LogP contribution is 2.14. The number of hydrogen-bond acceptors (Lipinski definition) is 4. The number of imidazole rings is 1. The first-order valence-electron chi connectivity index (χ1n) is 9.58. The second-order valence-corrected chi connectivity index (χ2v) is 6.73. The summed E-state index contributed by atoms with van der Waals surface area (Å²) in [5.41, 5.74) is 3.82. The van der Waals surface area contributed by atoms with Crippen LogP contribution >= 0.6 is 0 Å². The molecule has 1 amide bonds. The van der Waals surface area contributed by atoms with Crippen LogP contribution in [0.3, 0.4) is 0 Å². The molecule has 4 rings (SSSR count). The quantitative estimate of drug-likeness (QED) is 0.483. The second-order valence-electron chi connectivity index (χ2n) is 6.73. The first kappa shape index (κ1) is 18.7. The molecule has 0 aliphatic carbocycles. The largest absolute Gasteiger partial charge is 0.487 e. The summed E-state index contributed by atoms with van der Waals surface area (Å²) in [6.45, 7) is 0.915. The van der Waals surface area contributed by atoms with Crippen molar-refractivity contribution in [2.24, 2.45) is 0 Å². The highest BCUT2D eigenvalue weighted by atomic mass is 16.5. The fourth-order valence-corrected chi connectivity index (χ4v) is 2.99. The van der Waals surface area contributed by atoms with Gasteiger partial charge < -0.3 is 15.0 Å². The van der Waals surface area contributed by atoms with Crippen molar-refractivity contribution in [3.8, 4) is 5.75 Å². The first-order valence-corrected chi connectivity index (χ1v) is 9.58. The molecule has 0 saturated heterocycles. The third kappa shape index (κ3) is 5.19. The molecule has 0 unspecified atom stereocenters. The number of amides is 1. The summed E-state index contributed by atoms with van der Waals surface area (Å²) in [5, 5.41) is 2.95. The van der Waals surface area contributed by atoms with Crippen LogP contribution in [0.25, 0.3) is 11.0 Å². The number of fused-ring (bicyclic) bond motifs is 1. The number of rotatable bonds is 8. The summed E-state index contributed by atoms with van der Waals surface area (Å²) in [4.78, 5) is 24.1. The maximum absolute atomic E-state index is 12.1. The maximum atomic E-state index is 12.1. The van der Waals surface area contributed by atoms with Crippen molar-refractivity contribution in [3.63, 3.8) is 0 Å². The highest BCUT2D eigenvalue weighted by Gasteiger charge is 2.06. The van der Waals surface area contributed by atoms with Crippen LogP contribution in [-0.2, 0) is 24.4 Å². The van der Waals surface area contributed by atoms with Crippen LogP contribution in [0.5, 0.6) is 5.75 Å². The lowest BCUT2D eigenvalue weighted by molar-refractivity contribution is -0.121. The third-order valence-corrected chi connectivity index (χ3v) is 4.55. The average molecular weight is 386 g/mol. The van der Waals surface area contributed by atoms with Crippen LogP contribution in [0.4, 0.5) is 0 Å².